The van der Waals surface area contributed by atoms with Crippen molar-refractivity contribution in [2.45, 2.75) is 6.04 Å². The minimum Gasteiger partial charge on any atom is -0.508 e. The number of carbonyl (C=O) groups is 1. The molecule has 1 atom stereocenters. The molecule has 0 fully saturated rings. The molecule has 0 aliphatic heterocycles. The van der Waals surface area contributed by atoms with Gasteiger partial charge in [0, 0.05) is 11.8 Å². The highest BCUT2D eigenvalue weighted by molar-refractivity contribution is 5.95. The number of phenols is 1. The maximum Gasteiger partial charge on any atom is 0.245 e. The van der Waals surface area contributed by atoms with E-state index in [0.29, 0.717) is 5.69 Å². The zero-order chi connectivity index (χ0) is 13.0. The van der Waals surface area contributed by atoms with E-state index in [1.807, 2.05) is 18.2 Å². The molecule has 0 heterocycles. The zero-order valence-electron chi connectivity index (χ0n) is 9.71. The molecule has 2 aromatic carbocycles. The topological polar surface area (TPSA) is 75.4 Å². The number of aromatic hydroxyl groups is 1. The van der Waals surface area contributed by atoms with Gasteiger partial charge in [0.1, 0.15) is 11.8 Å². The van der Waals surface area contributed by atoms with Gasteiger partial charge < -0.3 is 16.2 Å². The van der Waals surface area contributed by atoms with Gasteiger partial charge in [-0.3, -0.25) is 4.79 Å². The molecule has 0 saturated heterocycles. The van der Waals surface area contributed by atoms with E-state index >= 15 is 0 Å². The Morgan fingerprint density at radius 2 is 1.83 bits per heavy atom. The van der Waals surface area contributed by atoms with Crippen molar-refractivity contribution in [3.63, 3.8) is 0 Å². The predicted octanol–water partition coefficient (Wildman–Crippen LogP) is 2.03. The molecule has 0 spiro atoms. The van der Waals surface area contributed by atoms with Crippen LogP contribution in [0.5, 0.6) is 5.75 Å². The standard InChI is InChI=1S/C14H14N2O2/c15-13(10-5-2-1-3-6-10)14(18)16-11-7-4-8-12(17)9-11/h1-9,13,17H,15H2,(H,16,18)/t13-/m0/s1. The van der Waals surface area contributed by atoms with E-state index in [9.17, 15) is 9.90 Å². The van der Waals surface area contributed by atoms with Crippen LogP contribution in [0.25, 0.3) is 0 Å². The first kappa shape index (κ1) is 12.1. The number of hydrogen-bond donors (Lipinski definition) is 3. The van der Waals surface area contributed by atoms with Crippen LogP contribution in [0.1, 0.15) is 11.6 Å². The van der Waals surface area contributed by atoms with Crippen LogP contribution in [0, 0.1) is 0 Å². The lowest BCUT2D eigenvalue weighted by Crippen LogP contribution is -2.27. The molecule has 4 heteroatoms. The Hall–Kier alpha value is -2.33. The van der Waals surface area contributed by atoms with Gasteiger partial charge in [0.2, 0.25) is 5.91 Å². The van der Waals surface area contributed by atoms with Gasteiger partial charge in [-0.05, 0) is 17.7 Å². The molecule has 4 nitrogen and oxygen atoms in total. The van der Waals surface area contributed by atoms with E-state index in [4.69, 9.17) is 5.73 Å². The van der Waals surface area contributed by atoms with Crippen LogP contribution in [0.4, 0.5) is 5.69 Å². The fourth-order valence-corrected chi connectivity index (χ4v) is 1.62. The summed E-state index contributed by atoms with van der Waals surface area (Å²) in [5, 5.41) is 12.0. The van der Waals surface area contributed by atoms with Crippen LogP contribution in [0.3, 0.4) is 0 Å². The lowest BCUT2D eigenvalue weighted by molar-refractivity contribution is -0.117. The summed E-state index contributed by atoms with van der Waals surface area (Å²) in [7, 11) is 0. The molecule has 0 radical (unpaired) electrons. The third-order valence-electron chi connectivity index (χ3n) is 2.55. The lowest BCUT2D eigenvalue weighted by Gasteiger charge is -2.12. The monoisotopic (exact) mass is 242 g/mol. The average molecular weight is 242 g/mol. The van der Waals surface area contributed by atoms with Crippen molar-refractivity contribution in [1.82, 2.24) is 0 Å². The summed E-state index contributed by atoms with van der Waals surface area (Å²) >= 11 is 0. The van der Waals surface area contributed by atoms with Gasteiger partial charge in [0.25, 0.3) is 0 Å². The lowest BCUT2D eigenvalue weighted by atomic mass is 10.1. The molecule has 2 aromatic rings. The molecule has 0 aromatic heterocycles. The van der Waals surface area contributed by atoms with Gasteiger partial charge in [-0.1, -0.05) is 36.4 Å². The fourth-order valence-electron chi connectivity index (χ4n) is 1.62. The second-order valence-corrected chi connectivity index (χ2v) is 3.93. The second kappa shape index (κ2) is 5.33. The molecule has 0 unspecified atom stereocenters. The van der Waals surface area contributed by atoms with Gasteiger partial charge in [-0.2, -0.15) is 0 Å². The Morgan fingerprint density at radius 3 is 2.50 bits per heavy atom. The number of nitrogens with one attached hydrogen (secondary N) is 1. The summed E-state index contributed by atoms with van der Waals surface area (Å²) in [6.45, 7) is 0. The highest BCUT2D eigenvalue weighted by Crippen LogP contribution is 2.17. The molecule has 1 amide bonds. The van der Waals surface area contributed by atoms with Crippen molar-refractivity contribution in [3.05, 3.63) is 60.2 Å². The minimum absolute atomic E-state index is 0.0982. The molecular weight excluding hydrogens is 228 g/mol. The Kier molecular flexibility index (Phi) is 3.60. The van der Waals surface area contributed by atoms with E-state index in [1.165, 1.54) is 12.1 Å². The Bertz CT molecular complexity index is 541. The van der Waals surface area contributed by atoms with Crippen LogP contribution in [-0.2, 0) is 4.79 Å². The predicted molar refractivity (Wildman–Crippen MR) is 70.1 cm³/mol. The first-order valence-corrected chi connectivity index (χ1v) is 5.57. The number of anilines is 1. The van der Waals surface area contributed by atoms with Crippen molar-refractivity contribution < 1.29 is 9.90 Å². The molecule has 0 aliphatic rings. The maximum atomic E-state index is 11.9. The van der Waals surface area contributed by atoms with Crippen LogP contribution < -0.4 is 11.1 Å². The zero-order valence-corrected chi connectivity index (χ0v) is 9.71. The molecule has 92 valence electrons. The van der Waals surface area contributed by atoms with Crippen LogP contribution in [0.15, 0.2) is 54.6 Å². The molecule has 18 heavy (non-hydrogen) atoms. The van der Waals surface area contributed by atoms with Crippen molar-refractivity contribution in [1.29, 1.82) is 0 Å². The minimum atomic E-state index is -0.728. The first-order chi connectivity index (χ1) is 8.66. The first-order valence-electron chi connectivity index (χ1n) is 5.57. The number of hydrogen-bond acceptors (Lipinski definition) is 3. The second-order valence-electron chi connectivity index (χ2n) is 3.93. The summed E-state index contributed by atoms with van der Waals surface area (Å²) in [6.07, 6.45) is 0. The average Bonchev–Trinajstić information content (AvgIpc) is 2.39. The highest BCUT2D eigenvalue weighted by Gasteiger charge is 2.15. The Balaban J connectivity index is 2.09. The number of benzene rings is 2. The molecule has 4 N–H and O–H groups in total. The Labute approximate surface area is 105 Å². The molecule has 2 rings (SSSR count). The summed E-state index contributed by atoms with van der Waals surface area (Å²) in [5.41, 5.74) is 7.12. The summed E-state index contributed by atoms with van der Waals surface area (Å²) in [5.74, 6) is -0.215. The molecule has 0 saturated carbocycles. The third kappa shape index (κ3) is 2.87. The largest absolute Gasteiger partial charge is 0.508 e. The number of amides is 1. The van der Waals surface area contributed by atoms with Crippen molar-refractivity contribution in [3.8, 4) is 5.75 Å². The van der Waals surface area contributed by atoms with E-state index in [1.54, 1.807) is 24.3 Å². The number of carbonyl (C=O) groups excluding carboxylic acids is 1. The van der Waals surface area contributed by atoms with Gasteiger partial charge in [-0.15, -0.1) is 0 Å². The fraction of sp³-hybridized carbons (Fsp3) is 0.0714. The van der Waals surface area contributed by atoms with Gasteiger partial charge >= 0.3 is 0 Å². The van der Waals surface area contributed by atoms with Crippen molar-refractivity contribution >= 4 is 11.6 Å². The highest BCUT2D eigenvalue weighted by atomic mass is 16.3. The molecular formula is C14H14N2O2. The van der Waals surface area contributed by atoms with Gasteiger partial charge in [-0.25, -0.2) is 0 Å². The van der Waals surface area contributed by atoms with Gasteiger partial charge in [0.05, 0.1) is 0 Å². The summed E-state index contributed by atoms with van der Waals surface area (Å²) in [4.78, 5) is 11.9. The van der Waals surface area contributed by atoms with Gasteiger partial charge in [0.15, 0.2) is 0 Å². The molecule has 0 aliphatic carbocycles. The SMILES string of the molecule is N[C@H](C(=O)Nc1cccc(O)c1)c1ccccc1. The van der Waals surface area contributed by atoms with Crippen molar-refractivity contribution in [2.24, 2.45) is 5.73 Å². The maximum absolute atomic E-state index is 11.9. The summed E-state index contributed by atoms with van der Waals surface area (Å²) in [6, 6.07) is 14.7. The number of phenolic OH excluding ortho intramolecular Hbond substituents is 1. The van der Waals surface area contributed by atoms with E-state index in [0.717, 1.165) is 5.56 Å². The number of nitrogens with two attached hydrogens (primary N) is 1. The van der Waals surface area contributed by atoms with E-state index in [2.05, 4.69) is 5.32 Å². The normalized spacial score (nSPS) is 11.8. The number of rotatable bonds is 3. The Morgan fingerprint density at radius 1 is 1.11 bits per heavy atom. The van der Waals surface area contributed by atoms with Crippen LogP contribution in [0.2, 0.25) is 0 Å². The quantitative estimate of drug-likeness (QED) is 0.770. The molecule has 0 bridgehead atoms. The summed E-state index contributed by atoms with van der Waals surface area (Å²) < 4.78 is 0. The van der Waals surface area contributed by atoms with E-state index < -0.39 is 6.04 Å². The van der Waals surface area contributed by atoms with Crippen molar-refractivity contribution in [2.75, 3.05) is 5.32 Å². The third-order valence-corrected chi connectivity index (χ3v) is 2.55. The van der Waals surface area contributed by atoms with E-state index in [-0.39, 0.29) is 11.7 Å². The van der Waals surface area contributed by atoms with Crippen LogP contribution in [-0.4, -0.2) is 11.0 Å². The smallest absolute Gasteiger partial charge is 0.245 e. The van der Waals surface area contributed by atoms with Crippen LogP contribution >= 0.6 is 0 Å².